The molecule has 0 spiro atoms. The van der Waals surface area contributed by atoms with Gasteiger partial charge in [0.15, 0.2) is 11.5 Å². The third-order valence-electron chi connectivity index (χ3n) is 5.97. The number of rotatable bonds is 4. The highest BCUT2D eigenvalue weighted by Crippen LogP contribution is 2.48. The molecule has 8 heteroatoms. The number of fused-ring (bicyclic) bond motifs is 1. The Morgan fingerprint density at radius 2 is 2.07 bits per heavy atom. The summed E-state index contributed by atoms with van der Waals surface area (Å²) in [5.41, 5.74) is 1.25. The lowest BCUT2D eigenvalue weighted by Crippen LogP contribution is -2.39. The number of hydrogen-bond donors (Lipinski definition) is 0. The monoisotopic (exact) mass is 425 g/mol. The third kappa shape index (κ3) is 3.01. The van der Waals surface area contributed by atoms with Gasteiger partial charge in [-0.1, -0.05) is 29.9 Å². The molecule has 0 N–H and O–H groups in total. The van der Waals surface area contributed by atoms with Crippen molar-refractivity contribution in [2.75, 3.05) is 11.5 Å². The summed E-state index contributed by atoms with van der Waals surface area (Å²) in [5.74, 6) is 0.418. The van der Waals surface area contributed by atoms with Gasteiger partial charge in [0.1, 0.15) is 16.9 Å². The van der Waals surface area contributed by atoms with Crippen molar-refractivity contribution in [1.82, 2.24) is 10.2 Å². The van der Waals surface area contributed by atoms with Gasteiger partial charge >= 0.3 is 0 Å². The van der Waals surface area contributed by atoms with Gasteiger partial charge in [0.2, 0.25) is 5.13 Å². The number of nitrogens with zero attached hydrogens (tertiary/aromatic N) is 3. The molecule has 156 valence electrons. The second kappa shape index (κ2) is 7.50. The highest BCUT2D eigenvalue weighted by Gasteiger charge is 2.53. The summed E-state index contributed by atoms with van der Waals surface area (Å²) in [5, 5.41) is 9.52. The molecule has 3 atom stereocenters. The number of ether oxygens (including phenoxy) is 2. The molecule has 1 aromatic heterocycles. The summed E-state index contributed by atoms with van der Waals surface area (Å²) in [6, 6.07) is 6.96. The van der Waals surface area contributed by atoms with E-state index < -0.39 is 6.04 Å². The molecule has 5 rings (SSSR count). The van der Waals surface area contributed by atoms with Crippen molar-refractivity contribution >= 4 is 28.2 Å². The topological polar surface area (TPSA) is 81.6 Å². The van der Waals surface area contributed by atoms with Crippen LogP contribution in [0.4, 0.5) is 5.13 Å². The van der Waals surface area contributed by atoms with Gasteiger partial charge in [0, 0.05) is 0 Å². The Morgan fingerprint density at radius 1 is 1.23 bits per heavy atom. The zero-order chi connectivity index (χ0) is 20.8. The van der Waals surface area contributed by atoms with Crippen LogP contribution in [0.1, 0.15) is 49.2 Å². The normalized spacial score (nSPS) is 25.8. The second-order valence-electron chi connectivity index (χ2n) is 7.84. The first-order valence-corrected chi connectivity index (χ1v) is 11.2. The maximum absolute atomic E-state index is 13.6. The lowest BCUT2D eigenvalue weighted by molar-refractivity contribution is -0.131. The van der Waals surface area contributed by atoms with E-state index in [4.69, 9.17) is 9.47 Å². The summed E-state index contributed by atoms with van der Waals surface area (Å²) in [7, 11) is 0. The first-order valence-electron chi connectivity index (χ1n) is 10.4. The van der Waals surface area contributed by atoms with E-state index in [0.717, 1.165) is 36.3 Å². The van der Waals surface area contributed by atoms with Gasteiger partial charge in [0.05, 0.1) is 24.1 Å². The van der Waals surface area contributed by atoms with Crippen LogP contribution in [0.15, 0.2) is 35.6 Å². The third-order valence-corrected chi connectivity index (χ3v) is 6.81. The summed E-state index contributed by atoms with van der Waals surface area (Å²) >= 11 is 1.33. The fourth-order valence-corrected chi connectivity index (χ4v) is 5.40. The van der Waals surface area contributed by atoms with Crippen LogP contribution in [0.3, 0.4) is 0 Å². The van der Waals surface area contributed by atoms with Crippen molar-refractivity contribution in [3.8, 4) is 5.75 Å². The van der Waals surface area contributed by atoms with Crippen molar-refractivity contribution < 1.29 is 19.1 Å². The summed E-state index contributed by atoms with van der Waals surface area (Å²) in [4.78, 5) is 28.6. The summed E-state index contributed by atoms with van der Waals surface area (Å²) in [6.07, 6.45) is 3.43. The molecule has 1 amide bonds. The largest absolute Gasteiger partial charge is 0.494 e. The molecule has 7 nitrogen and oxygen atoms in total. The predicted octanol–water partition coefficient (Wildman–Crippen LogP) is 3.75. The van der Waals surface area contributed by atoms with E-state index in [1.807, 2.05) is 38.1 Å². The molecule has 0 saturated heterocycles. The van der Waals surface area contributed by atoms with Gasteiger partial charge in [-0.05, 0) is 50.8 Å². The number of hydrogen-bond acceptors (Lipinski definition) is 7. The van der Waals surface area contributed by atoms with E-state index in [2.05, 4.69) is 10.2 Å². The zero-order valence-corrected chi connectivity index (χ0v) is 17.8. The molecule has 0 radical (unpaired) electrons. The van der Waals surface area contributed by atoms with E-state index in [1.165, 1.54) is 11.3 Å². The number of Topliss-reactive ketones (excluding diaryl/α,β-unsaturated/α-hetero) is 1. The molecule has 1 saturated carbocycles. The Bertz CT molecular complexity index is 1050. The average Bonchev–Trinajstić information content (AvgIpc) is 3.30. The van der Waals surface area contributed by atoms with Gasteiger partial charge in [-0.25, -0.2) is 0 Å². The summed E-state index contributed by atoms with van der Waals surface area (Å²) in [6.45, 7) is 4.30. The van der Waals surface area contributed by atoms with E-state index in [1.54, 1.807) is 4.90 Å². The number of aromatic nitrogens is 2. The lowest BCUT2D eigenvalue weighted by Gasteiger charge is -2.35. The van der Waals surface area contributed by atoms with Crippen LogP contribution in [0.5, 0.6) is 5.75 Å². The Hall–Kier alpha value is -2.74. The molecule has 2 aliphatic heterocycles. The van der Waals surface area contributed by atoms with Gasteiger partial charge in [-0.3, -0.25) is 14.5 Å². The van der Waals surface area contributed by atoms with Crippen LogP contribution in [0, 0.1) is 12.8 Å². The Morgan fingerprint density at radius 3 is 2.83 bits per heavy atom. The maximum atomic E-state index is 13.6. The van der Waals surface area contributed by atoms with E-state index in [9.17, 15) is 9.59 Å². The SMILES string of the molecule is CCOc1cccc(C2C3=C(OC4CCCCC4C3=O)C(=O)N2c2nnc(C)s2)c1. The van der Waals surface area contributed by atoms with Gasteiger partial charge < -0.3 is 9.47 Å². The number of benzene rings is 1. The first kappa shape index (κ1) is 19.2. The average molecular weight is 426 g/mol. The van der Waals surface area contributed by atoms with Crippen LogP contribution in [-0.2, 0) is 14.3 Å². The fourth-order valence-electron chi connectivity index (χ4n) is 4.68. The van der Waals surface area contributed by atoms with Gasteiger partial charge in [-0.2, -0.15) is 0 Å². The van der Waals surface area contributed by atoms with Crippen molar-refractivity contribution in [3.63, 3.8) is 0 Å². The molecule has 1 aliphatic carbocycles. The van der Waals surface area contributed by atoms with E-state index in [-0.39, 0.29) is 29.5 Å². The lowest BCUT2D eigenvalue weighted by atomic mass is 9.77. The highest BCUT2D eigenvalue weighted by atomic mass is 32.1. The highest BCUT2D eigenvalue weighted by molar-refractivity contribution is 7.15. The smallest absolute Gasteiger partial charge is 0.296 e. The van der Waals surface area contributed by atoms with Crippen molar-refractivity contribution in [2.45, 2.75) is 51.7 Å². The molecule has 1 fully saturated rings. The Kier molecular flexibility index (Phi) is 4.81. The number of aryl methyl sites for hydroxylation is 1. The van der Waals surface area contributed by atoms with Crippen LogP contribution in [0.2, 0.25) is 0 Å². The molecule has 1 aromatic carbocycles. The molecule has 0 bridgehead atoms. The number of carbonyl (C=O) groups excluding carboxylic acids is 2. The van der Waals surface area contributed by atoms with Crippen LogP contribution >= 0.6 is 11.3 Å². The molecular formula is C22H23N3O4S. The van der Waals surface area contributed by atoms with Crippen molar-refractivity contribution in [1.29, 1.82) is 0 Å². The predicted molar refractivity (Wildman–Crippen MR) is 111 cm³/mol. The van der Waals surface area contributed by atoms with Crippen LogP contribution < -0.4 is 9.64 Å². The first-order chi connectivity index (χ1) is 14.6. The number of carbonyl (C=O) groups is 2. The van der Waals surface area contributed by atoms with E-state index in [0.29, 0.717) is 23.1 Å². The molecular weight excluding hydrogens is 402 g/mol. The van der Waals surface area contributed by atoms with Crippen molar-refractivity contribution in [2.24, 2.45) is 5.92 Å². The van der Waals surface area contributed by atoms with Gasteiger partial charge in [0.25, 0.3) is 5.91 Å². The van der Waals surface area contributed by atoms with E-state index >= 15 is 0 Å². The van der Waals surface area contributed by atoms with Gasteiger partial charge in [-0.15, -0.1) is 10.2 Å². The van der Waals surface area contributed by atoms with Crippen LogP contribution in [-0.4, -0.2) is 34.6 Å². The van der Waals surface area contributed by atoms with Crippen LogP contribution in [0.25, 0.3) is 0 Å². The standard InChI is InChI=1S/C22H23N3O4S/c1-3-28-14-8-6-7-13(11-14)18-17-19(26)15-9-4-5-10-16(15)29-20(17)21(27)25(18)22-24-23-12(2)30-22/h6-8,11,15-16,18H,3-5,9-10H2,1-2H3. The zero-order valence-electron chi connectivity index (χ0n) is 17.0. The Labute approximate surface area is 178 Å². The number of anilines is 1. The maximum Gasteiger partial charge on any atom is 0.296 e. The second-order valence-corrected chi connectivity index (χ2v) is 9.00. The molecule has 3 unspecified atom stereocenters. The molecule has 3 aliphatic rings. The molecule has 2 aromatic rings. The number of amides is 1. The quantitative estimate of drug-likeness (QED) is 0.742. The molecule has 30 heavy (non-hydrogen) atoms. The minimum Gasteiger partial charge on any atom is -0.494 e. The summed E-state index contributed by atoms with van der Waals surface area (Å²) < 4.78 is 11.8. The Balaban J connectivity index is 1.64. The molecule has 3 heterocycles. The minimum absolute atomic E-state index is 0.0323. The number of ketones is 1. The fraction of sp³-hybridized carbons (Fsp3) is 0.455. The minimum atomic E-state index is -0.587. The van der Waals surface area contributed by atoms with Crippen molar-refractivity contribution in [3.05, 3.63) is 46.2 Å².